The lowest BCUT2D eigenvalue weighted by atomic mass is 9.81. The number of aromatic nitrogens is 2. The number of cyclic esters (lactones) is 1. The summed E-state index contributed by atoms with van der Waals surface area (Å²) in [5, 5.41) is 18.3. The smallest absolute Gasteiger partial charge is 0.343 e. The molecule has 39 heavy (non-hydrogen) atoms. The molecule has 3 N–H and O–H groups in total. The van der Waals surface area contributed by atoms with Gasteiger partial charge >= 0.3 is 5.97 Å². The second-order valence-corrected chi connectivity index (χ2v) is 10.7. The van der Waals surface area contributed by atoms with Gasteiger partial charge in [-0.3, -0.25) is 9.59 Å². The van der Waals surface area contributed by atoms with Crippen LogP contribution in [0.25, 0.3) is 22.3 Å². The van der Waals surface area contributed by atoms with Gasteiger partial charge in [-0.2, -0.15) is 0 Å². The van der Waals surface area contributed by atoms with Crippen molar-refractivity contribution in [2.75, 3.05) is 13.6 Å². The van der Waals surface area contributed by atoms with E-state index in [0.717, 1.165) is 22.1 Å². The molecule has 0 bridgehead atoms. The number of nitrogens with zero attached hydrogens (tertiary/aromatic N) is 2. The second kappa shape index (κ2) is 9.24. The van der Waals surface area contributed by atoms with Crippen LogP contribution in [-0.2, 0) is 39.5 Å². The summed E-state index contributed by atoms with van der Waals surface area (Å²) in [7, 11) is 1.79. The highest BCUT2D eigenvalue weighted by Crippen LogP contribution is 2.46. The lowest BCUT2D eigenvalue weighted by Gasteiger charge is -2.32. The minimum Gasteiger partial charge on any atom is -0.458 e. The predicted molar refractivity (Wildman–Crippen MR) is 142 cm³/mol. The van der Waals surface area contributed by atoms with E-state index in [0.29, 0.717) is 54.7 Å². The molecule has 6 rings (SSSR count). The molecule has 9 nitrogen and oxygen atoms in total. The normalized spacial score (nSPS) is 20.8. The Morgan fingerprint density at radius 2 is 2.08 bits per heavy atom. The Morgan fingerprint density at radius 1 is 1.28 bits per heavy atom. The van der Waals surface area contributed by atoms with E-state index < -0.39 is 11.6 Å². The number of nitrogens with one attached hydrogen (secondary N) is 2. The summed E-state index contributed by atoms with van der Waals surface area (Å²) in [6, 6.07) is 2.75. The number of carbonyl (C=O) groups excluding carboxylic acids is 2. The number of rotatable bonds is 6. The Labute approximate surface area is 224 Å². The molecule has 0 fully saturated rings. The van der Waals surface area contributed by atoms with E-state index in [2.05, 4.69) is 10.6 Å². The number of aliphatic hydroxyl groups is 1. The van der Waals surface area contributed by atoms with Gasteiger partial charge in [0.05, 0.1) is 35.1 Å². The number of carbonyl (C=O) groups is 2. The first-order chi connectivity index (χ1) is 18.7. The predicted octanol–water partition coefficient (Wildman–Crippen LogP) is 2.63. The molecular weight excluding hydrogens is 503 g/mol. The molecule has 2 aromatic heterocycles. The Kier molecular flexibility index (Phi) is 6.07. The molecule has 1 aliphatic carbocycles. The summed E-state index contributed by atoms with van der Waals surface area (Å²) in [4.78, 5) is 44.0. The van der Waals surface area contributed by atoms with Crippen LogP contribution < -0.4 is 16.2 Å². The van der Waals surface area contributed by atoms with E-state index in [1.807, 2.05) is 6.92 Å². The van der Waals surface area contributed by atoms with Crippen LogP contribution >= 0.6 is 0 Å². The number of hydrogen-bond acceptors (Lipinski definition) is 7. The molecule has 2 atom stereocenters. The number of fused-ring (bicyclic) bond motifs is 5. The highest BCUT2D eigenvalue weighted by molar-refractivity contribution is 5.94. The average Bonchev–Trinajstić information content (AvgIpc) is 3.28. The molecule has 0 unspecified atom stereocenters. The first-order valence-electron chi connectivity index (χ1n) is 13.4. The largest absolute Gasteiger partial charge is 0.458 e. The van der Waals surface area contributed by atoms with Crippen LogP contribution in [-0.4, -0.2) is 40.1 Å². The van der Waals surface area contributed by atoms with Crippen molar-refractivity contribution < 1.29 is 23.8 Å². The number of hydrogen-bond donors (Lipinski definition) is 3. The molecular formula is C29H31FN4O5. The average molecular weight is 535 g/mol. The summed E-state index contributed by atoms with van der Waals surface area (Å²) in [5.74, 6) is -1.22. The summed E-state index contributed by atoms with van der Waals surface area (Å²) in [5.41, 5.74) is 2.71. The van der Waals surface area contributed by atoms with Gasteiger partial charge in [0.2, 0.25) is 5.91 Å². The quantitative estimate of drug-likeness (QED) is 0.325. The van der Waals surface area contributed by atoms with Gasteiger partial charge in [0, 0.05) is 35.5 Å². The molecule has 0 radical (unpaired) electrons. The number of benzene rings is 1. The van der Waals surface area contributed by atoms with Crippen LogP contribution in [0.2, 0.25) is 0 Å². The zero-order valence-corrected chi connectivity index (χ0v) is 22.2. The maximum atomic E-state index is 15.0. The van der Waals surface area contributed by atoms with Crippen LogP contribution in [0, 0.1) is 12.7 Å². The molecule has 2 aliphatic heterocycles. The van der Waals surface area contributed by atoms with Gasteiger partial charge in [-0.1, -0.05) is 13.3 Å². The Bertz CT molecular complexity index is 1630. The summed E-state index contributed by atoms with van der Waals surface area (Å²) >= 11 is 0. The van der Waals surface area contributed by atoms with Gasteiger partial charge in [0.1, 0.15) is 12.4 Å². The maximum Gasteiger partial charge on any atom is 0.343 e. The fourth-order valence-electron chi connectivity index (χ4n) is 6.47. The zero-order chi connectivity index (χ0) is 27.6. The fourth-order valence-corrected chi connectivity index (χ4v) is 6.47. The van der Waals surface area contributed by atoms with Gasteiger partial charge in [-0.25, -0.2) is 14.2 Å². The Balaban J connectivity index is 1.59. The van der Waals surface area contributed by atoms with Crippen molar-refractivity contribution in [3.8, 4) is 11.4 Å². The molecule has 204 valence electrons. The van der Waals surface area contributed by atoms with Gasteiger partial charge in [-0.15, -0.1) is 0 Å². The van der Waals surface area contributed by atoms with Crippen molar-refractivity contribution in [3.05, 3.63) is 61.7 Å². The van der Waals surface area contributed by atoms with Crippen molar-refractivity contribution in [2.45, 2.75) is 70.7 Å². The molecule has 10 heteroatoms. The topological polar surface area (TPSA) is 123 Å². The summed E-state index contributed by atoms with van der Waals surface area (Å²) < 4.78 is 21.8. The van der Waals surface area contributed by atoms with E-state index in [-0.39, 0.29) is 54.0 Å². The molecule has 1 amide bonds. The van der Waals surface area contributed by atoms with Gasteiger partial charge in [-0.05, 0) is 56.0 Å². The van der Waals surface area contributed by atoms with Crippen molar-refractivity contribution in [2.24, 2.45) is 0 Å². The molecule has 3 aromatic rings. The number of aryl methyl sites for hydroxylation is 1. The minimum atomic E-state index is -1.93. The van der Waals surface area contributed by atoms with Gasteiger partial charge in [0.15, 0.2) is 5.60 Å². The minimum absolute atomic E-state index is 0.0984. The van der Waals surface area contributed by atoms with Gasteiger partial charge in [0.25, 0.3) is 5.56 Å². The monoisotopic (exact) mass is 534 g/mol. The number of pyridine rings is 2. The van der Waals surface area contributed by atoms with Crippen LogP contribution in [0.15, 0.2) is 16.9 Å². The molecule has 0 spiro atoms. The highest BCUT2D eigenvalue weighted by Gasteiger charge is 2.46. The third-order valence-corrected chi connectivity index (χ3v) is 8.42. The summed E-state index contributed by atoms with van der Waals surface area (Å²) in [6.07, 6.45) is 2.11. The second-order valence-electron chi connectivity index (χ2n) is 10.7. The number of esters is 1. The van der Waals surface area contributed by atoms with E-state index >= 15 is 4.39 Å². The SMILES string of the molecule is CCC[C@@]1(O)C(=O)OCc2c1cc1n(c2=O)Cc2c-1nc1cc(F)c(C)c3c1c2[C@@H](NC(=O)CCNC)CC3. The van der Waals surface area contributed by atoms with E-state index in [1.165, 1.54) is 6.07 Å². The molecule has 4 heterocycles. The number of amides is 1. The van der Waals surface area contributed by atoms with Crippen LogP contribution in [0.1, 0.15) is 72.0 Å². The highest BCUT2D eigenvalue weighted by atomic mass is 19.1. The Morgan fingerprint density at radius 3 is 2.82 bits per heavy atom. The van der Waals surface area contributed by atoms with Crippen molar-refractivity contribution >= 4 is 22.8 Å². The summed E-state index contributed by atoms with van der Waals surface area (Å²) in [6.45, 7) is 4.14. The van der Waals surface area contributed by atoms with Crippen molar-refractivity contribution in [3.63, 3.8) is 0 Å². The molecule has 0 saturated heterocycles. The number of halogens is 1. The zero-order valence-electron chi connectivity index (χ0n) is 22.2. The first kappa shape index (κ1) is 25.6. The fraction of sp³-hybridized carbons (Fsp3) is 0.448. The lowest BCUT2D eigenvalue weighted by Crippen LogP contribution is -2.44. The third kappa shape index (κ3) is 3.72. The maximum absolute atomic E-state index is 15.0. The first-order valence-corrected chi connectivity index (χ1v) is 13.4. The number of ether oxygens (including phenoxy) is 1. The third-order valence-electron chi connectivity index (χ3n) is 8.42. The van der Waals surface area contributed by atoms with Crippen molar-refractivity contribution in [1.29, 1.82) is 0 Å². The van der Waals surface area contributed by atoms with Crippen molar-refractivity contribution in [1.82, 2.24) is 20.2 Å². The lowest BCUT2D eigenvalue weighted by molar-refractivity contribution is -0.172. The van der Waals surface area contributed by atoms with Gasteiger partial charge < -0.3 is 25.0 Å². The van der Waals surface area contributed by atoms with Crippen LogP contribution in [0.4, 0.5) is 4.39 Å². The molecule has 1 aromatic carbocycles. The van der Waals surface area contributed by atoms with Crippen LogP contribution in [0.3, 0.4) is 0 Å². The van der Waals surface area contributed by atoms with E-state index in [4.69, 9.17) is 9.72 Å². The van der Waals surface area contributed by atoms with E-state index in [9.17, 15) is 19.5 Å². The van der Waals surface area contributed by atoms with E-state index in [1.54, 1.807) is 24.6 Å². The Hall–Kier alpha value is -3.63. The molecule has 0 saturated carbocycles. The van der Waals surface area contributed by atoms with Crippen LogP contribution in [0.5, 0.6) is 0 Å². The standard InChI is InChI=1S/C29H31FN4O5/c1-4-8-29(38)18-10-22-26-16(12-34(22)27(36)17(18)13-39-28(29)37)25-20(32-23(35)7-9-31-3)6-5-15-14(2)19(30)11-21(33-26)24(15)25/h10-11,20,31,38H,4-9,12-13H2,1-3H3,(H,32,35)/t20-,29-/m0/s1. The molecule has 3 aliphatic rings.